The van der Waals surface area contributed by atoms with Gasteiger partial charge in [0.25, 0.3) is 0 Å². The van der Waals surface area contributed by atoms with Gasteiger partial charge in [0.15, 0.2) is 5.13 Å². The monoisotopic (exact) mass is 380 g/mol. The number of benzene rings is 2. The molecule has 27 heavy (non-hydrogen) atoms. The Balaban J connectivity index is 1.35. The highest BCUT2D eigenvalue weighted by Crippen LogP contribution is 2.32. The van der Waals surface area contributed by atoms with Gasteiger partial charge in [0.05, 0.1) is 19.4 Å². The van der Waals surface area contributed by atoms with Crippen molar-refractivity contribution in [2.24, 2.45) is 0 Å². The molecule has 2 aromatic carbocycles. The zero-order valence-corrected chi connectivity index (χ0v) is 15.8. The highest BCUT2D eigenvalue weighted by atomic mass is 32.1. The fourth-order valence-corrected chi connectivity index (χ4v) is 3.78. The molecule has 0 aliphatic carbocycles. The van der Waals surface area contributed by atoms with Gasteiger partial charge in [-0.2, -0.15) is 0 Å². The minimum Gasteiger partial charge on any atom is -0.497 e. The number of fused-ring (bicyclic) bond motifs is 1. The molecule has 3 aromatic rings. The van der Waals surface area contributed by atoms with Gasteiger partial charge >= 0.3 is 0 Å². The van der Waals surface area contributed by atoms with Crippen LogP contribution in [-0.2, 0) is 17.6 Å². The molecule has 0 atom stereocenters. The van der Waals surface area contributed by atoms with Gasteiger partial charge in [0.2, 0.25) is 5.91 Å². The van der Waals surface area contributed by atoms with Crippen LogP contribution >= 0.6 is 11.3 Å². The quantitative estimate of drug-likeness (QED) is 0.692. The number of carbonyl (C=O) groups is 1. The van der Waals surface area contributed by atoms with E-state index >= 15 is 0 Å². The molecule has 0 saturated heterocycles. The van der Waals surface area contributed by atoms with E-state index in [1.165, 1.54) is 16.9 Å². The third kappa shape index (κ3) is 4.11. The second-order valence-electron chi connectivity index (χ2n) is 6.36. The molecule has 0 radical (unpaired) electrons. The molecule has 1 aliphatic heterocycles. The smallest absolute Gasteiger partial charge is 0.226 e. The number of methoxy groups -OCH3 is 1. The summed E-state index contributed by atoms with van der Waals surface area (Å²) in [5.41, 5.74) is 4.24. The molecule has 1 aromatic heterocycles. The van der Waals surface area contributed by atoms with Crippen LogP contribution in [0.2, 0.25) is 0 Å². The number of aromatic nitrogens is 1. The summed E-state index contributed by atoms with van der Waals surface area (Å²) in [5, 5.41) is 5.49. The van der Waals surface area contributed by atoms with Gasteiger partial charge in [0.1, 0.15) is 11.5 Å². The fraction of sp³-hybridized carbons (Fsp3) is 0.238. The summed E-state index contributed by atoms with van der Waals surface area (Å²) in [6, 6.07) is 13.9. The van der Waals surface area contributed by atoms with Crippen LogP contribution in [0, 0.1) is 0 Å². The van der Waals surface area contributed by atoms with Crippen LogP contribution in [0.1, 0.15) is 17.5 Å². The minimum absolute atomic E-state index is 0.0333. The normalized spacial score (nSPS) is 12.3. The molecule has 5 nitrogen and oxygen atoms in total. The van der Waals surface area contributed by atoms with E-state index in [4.69, 9.17) is 9.47 Å². The lowest BCUT2D eigenvalue weighted by Gasteiger charge is -2.04. The summed E-state index contributed by atoms with van der Waals surface area (Å²) >= 11 is 1.44. The van der Waals surface area contributed by atoms with Crippen molar-refractivity contribution in [1.29, 1.82) is 0 Å². The predicted molar refractivity (Wildman–Crippen MR) is 107 cm³/mol. The molecule has 0 bridgehead atoms. The van der Waals surface area contributed by atoms with Gasteiger partial charge in [0, 0.05) is 23.8 Å². The van der Waals surface area contributed by atoms with E-state index in [-0.39, 0.29) is 5.91 Å². The maximum Gasteiger partial charge on any atom is 0.226 e. The first kappa shape index (κ1) is 17.5. The maximum atomic E-state index is 12.2. The second-order valence-corrected chi connectivity index (χ2v) is 7.21. The number of hydrogen-bond donors (Lipinski definition) is 1. The Hall–Kier alpha value is -2.86. The minimum atomic E-state index is -0.0333. The van der Waals surface area contributed by atoms with Gasteiger partial charge in [-0.1, -0.05) is 12.1 Å². The number of rotatable bonds is 6. The van der Waals surface area contributed by atoms with Crippen molar-refractivity contribution in [2.75, 3.05) is 19.0 Å². The lowest BCUT2D eigenvalue weighted by molar-refractivity contribution is -0.116. The molecule has 0 fully saturated rings. The Morgan fingerprint density at radius 1 is 1.26 bits per heavy atom. The van der Waals surface area contributed by atoms with Gasteiger partial charge < -0.3 is 14.8 Å². The first-order chi connectivity index (χ1) is 13.2. The van der Waals surface area contributed by atoms with Crippen molar-refractivity contribution in [2.45, 2.75) is 19.3 Å². The standard InChI is InChI=1S/C21H20N2O3S/c1-25-17-6-2-14(3-7-17)4-9-20(24)23-21-22-18(13-27-21)15-5-8-19-16(12-15)10-11-26-19/h2-3,5-8,12-13H,4,9-11H2,1H3,(H,22,23,24). The van der Waals surface area contributed by atoms with Crippen molar-refractivity contribution >= 4 is 22.4 Å². The topological polar surface area (TPSA) is 60.5 Å². The summed E-state index contributed by atoms with van der Waals surface area (Å²) < 4.78 is 10.7. The summed E-state index contributed by atoms with van der Waals surface area (Å²) in [6.07, 6.45) is 2.03. The molecule has 6 heteroatoms. The van der Waals surface area contributed by atoms with Crippen molar-refractivity contribution in [1.82, 2.24) is 4.98 Å². The number of thiazole rings is 1. The van der Waals surface area contributed by atoms with E-state index < -0.39 is 0 Å². The van der Waals surface area contributed by atoms with Crippen molar-refractivity contribution in [3.63, 3.8) is 0 Å². The van der Waals surface area contributed by atoms with Crippen LogP contribution in [0.15, 0.2) is 47.8 Å². The Morgan fingerprint density at radius 3 is 2.93 bits per heavy atom. The van der Waals surface area contributed by atoms with E-state index in [1.54, 1.807) is 7.11 Å². The van der Waals surface area contributed by atoms with Crippen LogP contribution < -0.4 is 14.8 Å². The van der Waals surface area contributed by atoms with E-state index in [9.17, 15) is 4.79 Å². The Kier molecular flexibility index (Phi) is 5.07. The van der Waals surface area contributed by atoms with E-state index in [0.717, 1.165) is 41.3 Å². The molecule has 138 valence electrons. The molecular formula is C21H20N2O3S. The SMILES string of the molecule is COc1ccc(CCC(=O)Nc2nc(-c3ccc4c(c3)CCO4)cs2)cc1. The highest BCUT2D eigenvalue weighted by Gasteiger charge is 2.14. The number of ether oxygens (including phenoxy) is 2. The first-order valence-electron chi connectivity index (χ1n) is 8.86. The summed E-state index contributed by atoms with van der Waals surface area (Å²) in [4.78, 5) is 16.8. The maximum absolute atomic E-state index is 12.2. The molecule has 1 amide bonds. The number of hydrogen-bond acceptors (Lipinski definition) is 5. The van der Waals surface area contributed by atoms with E-state index in [0.29, 0.717) is 18.0 Å². The lowest BCUT2D eigenvalue weighted by Crippen LogP contribution is -2.12. The first-order valence-corrected chi connectivity index (χ1v) is 9.73. The van der Waals surface area contributed by atoms with Crippen LogP contribution in [0.25, 0.3) is 11.3 Å². The molecule has 2 heterocycles. The number of amides is 1. The van der Waals surface area contributed by atoms with Gasteiger partial charge in [-0.3, -0.25) is 4.79 Å². The van der Waals surface area contributed by atoms with Crippen LogP contribution in [-0.4, -0.2) is 24.6 Å². The average Bonchev–Trinajstić information content (AvgIpc) is 3.35. The largest absolute Gasteiger partial charge is 0.497 e. The molecule has 0 spiro atoms. The predicted octanol–water partition coefficient (Wildman–Crippen LogP) is 4.32. The molecule has 1 aliphatic rings. The fourth-order valence-electron chi connectivity index (χ4n) is 3.04. The molecule has 0 unspecified atom stereocenters. The van der Waals surface area contributed by atoms with Gasteiger partial charge in [-0.15, -0.1) is 11.3 Å². The summed E-state index contributed by atoms with van der Waals surface area (Å²) in [5.74, 6) is 1.74. The zero-order chi connectivity index (χ0) is 18.6. The van der Waals surface area contributed by atoms with Gasteiger partial charge in [-0.25, -0.2) is 4.98 Å². The number of nitrogens with zero attached hydrogens (tertiary/aromatic N) is 1. The van der Waals surface area contributed by atoms with Crippen LogP contribution in [0.5, 0.6) is 11.5 Å². The zero-order valence-electron chi connectivity index (χ0n) is 15.0. The Morgan fingerprint density at radius 2 is 2.11 bits per heavy atom. The third-order valence-corrected chi connectivity index (χ3v) is 5.29. The third-order valence-electron chi connectivity index (χ3n) is 4.54. The molecule has 4 rings (SSSR count). The Labute approximate surface area is 162 Å². The van der Waals surface area contributed by atoms with E-state index in [2.05, 4.69) is 16.4 Å². The molecule has 1 N–H and O–H groups in total. The van der Waals surface area contributed by atoms with Crippen molar-refractivity contribution in [3.8, 4) is 22.8 Å². The lowest BCUT2D eigenvalue weighted by atomic mass is 10.1. The average molecular weight is 380 g/mol. The second kappa shape index (κ2) is 7.80. The van der Waals surface area contributed by atoms with Crippen molar-refractivity contribution in [3.05, 3.63) is 59.0 Å². The Bertz CT molecular complexity index is 950. The summed E-state index contributed by atoms with van der Waals surface area (Å²) in [7, 11) is 1.64. The van der Waals surface area contributed by atoms with Gasteiger partial charge in [-0.05, 0) is 47.9 Å². The highest BCUT2D eigenvalue weighted by molar-refractivity contribution is 7.14. The molecular weight excluding hydrogens is 360 g/mol. The van der Waals surface area contributed by atoms with Crippen LogP contribution in [0.4, 0.5) is 5.13 Å². The number of anilines is 1. The number of carbonyl (C=O) groups excluding carboxylic acids is 1. The number of nitrogens with one attached hydrogen (secondary N) is 1. The summed E-state index contributed by atoms with van der Waals surface area (Å²) in [6.45, 7) is 0.741. The molecule has 0 saturated carbocycles. The van der Waals surface area contributed by atoms with E-state index in [1.807, 2.05) is 41.8 Å². The van der Waals surface area contributed by atoms with Crippen molar-refractivity contribution < 1.29 is 14.3 Å². The van der Waals surface area contributed by atoms with Crippen LogP contribution in [0.3, 0.4) is 0 Å². The number of aryl methyl sites for hydroxylation is 1.